The number of hydrogen-bond acceptors (Lipinski definition) is 6. The molecule has 0 unspecified atom stereocenters. The smallest absolute Gasteiger partial charge is 0.332 e. The molecule has 8 nitrogen and oxygen atoms in total. The Kier molecular flexibility index (Phi) is 7.18. The second-order valence-electron chi connectivity index (χ2n) is 6.31. The predicted octanol–water partition coefficient (Wildman–Crippen LogP) is 1.33. The highest BCUT2D eigenvalue weighted by Gasteiger charge is 2.19. The summed E-state index contributed by atoms with van der Waals surface area (Å²) in [5.41, 5.74) is -0.544. The van der Waals surface area contributed by atoms with Gasteiger partial charge in [-0.05, 0) is 20.3 Å². The third kappa shape index (κ3) is 4.40. The molecule has 0 radical (unpaired) electrons. The molecular formula is C18H27N5O3S. The molecule has 2 heterocycles. The highest BCUT2D eigenvalue weighted by molar-refractivity contribution is 8.00. The van der Waals surface area contributed by atoms with Crippen LogP contribution in [0.25, 0.3) is 11.0 Å². The summed E-state index contributed by atoms with van der Waals surface area (Å²) in [4.78, 5) is 48.1. The molecule has 0 saturated heterocycles. The van der Waals surface area contributed by atoms with Crippen LogP contribution in [0.3, 0.4) is 0 Å². The van der Waals surface area contributed by atoms with Crippen molar-refractivity contribution in [2.45, 2.75) is 45.1 Å². The highest BCUT2D eigenvalue weighted by Crippen LogP contribution is 2.23. The van der Waals surface area contributed by atoms with Gasteiger partial charge in [0.25, 0.3) is 5.56 Å². The van der Waals surface area contributed by atoms with Gasteiger partial charge in [-0.3, -0.25) is 18.7 Å². The van der Waals surface area contributed by atoms with E-state index in [2.05, 4.69) is 16.9 Å². The van der Waals surface area contributed by atoms with E-state index >= 15 is 0 Å². The molecular weight excluding hydrogens is 366 g/mol. The minimum Gasteiger partial charge on any atom is -0.343 e. The fraction of sp³-hybridized carbons (Fsp3) is 0.611. The van der Waals surface area contributed by atoms with Crippen LogP contribution in [0.2, 0.25) is 0 Å². The average Bonchev–Trinajstić information content (AvgIpc) is 2.67. The highest BCUT2D eigenvalue weighted by atomic mass is 32.2. The molecule has 0 aliphatic heterocycles. The normalized spacial score (nSPS) is 11.1. The Labute approximate surface area is 162 Å². The van der Waals surface area contributed by atoms with Gasteiger partial charge in [0, 0.05) is 33.6 Å². The van der Waals surface area contributed by atoms with Gasteiger partial charge in [0.2, 0.25) is 5.91 Å². The zero-order valence-corrected chi connectivity index (χ0v) is 17.4. The Hall–Kier alpha value is -2.16. The van der Waals surface area contributed by atoms with Crippen LogP contribution in [0.1, 0.15) is 39.4 Å². The van der Waals surface area contributed by atoms with E-state index in [1.807, 2.05) is 13.8 Å². The summed E-state index contributed by atoms with van der Waals surface area (Å²) in [6.45, 7) is 7.21. The zero-order chi connectivity index (χ0) is 20.1. The third-order valence-corrected chi connectivity index (χ3v) is 5.48. The summed E-state index contributed by atoms with van der Waals surface area (Å²) in [5.74, 6) is 0.770. The summed E-state index contributed by atoms with van der Waals surface area (Å²) in [6.07, 6.45) is 2.56. The average molecular weight is 394 g/mol. The van der Waals surface area contributed by atoms with E-state index in [-0.39, 0.29) is 17.0 Å². The molecule has 2 aromatic rings. The first kappa shape index (κ1) is 21.1. The minimum atomic E-state index is -0.437. The first-order chi connectivity index (χ1) is 12.8. The number of amides is 1. The molecule has 0 saturated carbocycles. The molecule has 2 rings (SSSR count). The number of carbonyl (C=O) groups is 1. The van der Waals surface area contributed by atoms with Gasteiger partial charge < -0.3 is 4.90 Å². The Balaban J connectivity index is 2.56. The Morgan fingerprint density at radius 1 is 1.07 bits per heavy atom. The summed E-state index contributed by atoms with van der Waals surface area (Å²) in [6, 6.07) is 0. The SMILES string of the molecule is CCCCc1nc(SCC(=O)N(CC)CC)c2c(=O)n(C)c(=O)n(C)c2n1. The van der Waals surface area contributed by atoms with Gasteiger partial charge in [0.15, 0.2) is 5.65 Å². The van der Waals surface area contributed by atoms with E-state index in [4.69, 9.17) is 0 Å². The van der Waals surface area contributed by atoms with Crippen molar-refractivity contribution in [3.8, 4) is 0 Å². The van der Waals surface area contributed by atoms with Crippen molar-refractivity contribution >= 4 is 28.7 Å². The molecule has 27 heavy (non-hydrogen) atoms. The third-order valence-electron chi connectivity index (χ3n) is 4.52. The second-order valence-corrected chi connectivity index (χ2v) is 7.27. The van der Waals surface area contributed by atoms with Crippen LogP contribution >= 0.6 is 11.8 Å². The Morgan fingerprint density at radius 3 is 2.33 bits per heavy atom. The van der Waals surface area contributed by atoms with Gasteiger partial charge in [-0.25, -0.2) is 14.8 Å². The lowest BCUT2D eigenvalue weighted by Crippen LogP contribution is -2.38. The van der Waals surface area contributed by atoms with Crippen LogP contribution in [-0.4, -0.2) is 48.8 Å². The zero-order valence-electron chi connectivity index (χ0n) is 16.6. The van der Waals surface area contributed by atoms with E-state index in [9.17, 15) is 14.4 Å². The quantitative estimate of drug-likeness (QED) is 0.496. The van der Waals surface area contributed by atoms with Crippen molar-refractivity contribution in [1.29, 1.82) is 0 Å². The van der Waals surface area contributed by atoms with Gasteiger partial charge in [-0.1, -0.05) is 25.1 Å². The fourth-order valence-corrected chi connectivity index (χ4v) is 3.76. The largest absolute Gasteiger partial charge is 0.343 e. The standard InChI is InChI=1S/C18H27N5O3S/c1-6-9-10-12-19-15-14(17(25)22(5)18(26)21(15)4)16(20-12)27-11-13(24)23(7-2)8-3/h6-11H2,1-5H3. The molecule has 0 fully saturated rings. The lowest BCUT2D eigenvalue weighted by atomic mass is 10.2. The fourth-order valence-electron chi connectivity index (χ4n) is 2.82. The van der Waals surface area contributed by atoms with Crippen LogP contribution in [0, 0.1) is 0 Å². The number of aryl methyl sites for hydroxylation is 2. The van der Waals surface area contributed by atoms with Gasteiger partial charge >= 0.3 is 5.69 Å². The van der Waals surface area contributed by atoms with Crippen LogP contribution in [-0.2, 0) is 25.3 Å². The van der Waals surface area contributed by atoms with Gasteiger partial charge in [0.1, 0.15) is 16.2 Å². The molecule has 9 heteroatoms. The number of unbranched alkanes of at least 4 members (excludes halogenated alkanes) is 1. The van der Waals surface area contributed by atoms with Crippen LogP contribution in [0.15, 0.2) is 14.6 Å². The van der Waals surface area contributed by atoms with Crippen molar-refractivity contribution in [2.24, 2.45) is 14.1 Å². The van der Waals surface area contributed by atoms with E-state index < -0.39 is 11.2 Å². The summed E-state index contributed by atoms with van der Waals surface area (Å²) < 4.78 is 2.41. The molecule has 0 N–H and O–H groups in total. The summed E-state index contributed by atoms with van der Waals surface area (Å²) in [5, 5.41) is 0.750. The van der Waals surface area contributed by atoms with Crippen molar-refractivity contribution < 1.29 is 4.79 Å². The maximum Gasteiger partial charge on any atom is 0.332 e. The Bertz CT molecular complexity index is 947. The van der Waals surface area contributed by atoms with Gasteiger partial charge in [-0.15, -0.1) is 0 Å². The monoisotopic (exact) mass is 393 g/mol. The lowest BCUT2D eigenvalue weighted by molar-refractivity contribution is -0.127. The number of hydrogen-bond donors (Lipinski definition) is 0. The van der Waals surface area contributed by atoms with Crippen LogP contribution < -0.4 is 11.2 Å². The molecule has 1 amide bonds. The van der Waals surface area contributed by atoms with E-state index in [0.717, 1.165) is 17.4 Å². The van der Waals surface area contributed by atoms with Crippen LogP contribution in [0.4, 0.5) is 0 Å². The number of rotatable bonds is 8. The minimum absolute atomic E-state index is 0.00601. The number of thioether (sulfide) groups is 1. The Morgan fingerprint density at radius 2 is 1.74 bits per heavy atom. The van der Waals surface area contributed by atoms with Crippen molar-refractivity contribution in [3.05, 3.63) is 26.7 Å². The predicted molar refractivity (Wildman–Crippen MR) is 107 cm³/mol. The molecule has 2 aromatic heterocycles. The van der Waals surface area contributed by atoms with Crippen LogP contribution in [0.5, 0.6) is 0 Å². The number of carbonyl (C=O) groups excluding carboxylic acids is 1. The van der Waals surface area contributed by atoms with Crippen molar-refractivity contribution in [2.75, 3.05) is 18.8 Å². The first-order valence-electron chi connectivity index (χ1n) is 9.22. The molecule has 0 spiro atoms. The lowest BCUT2D eigenvalue weighted by Gasteiger charge is -2.18. The first-order valence-corrected chi connectivity index (χ1v) is 10.2. The molecule has 0 atom stereocenters. The molecule has 0 aromatic carbocycles. The molecule has 148 valence electrons. The maximum atomic E-state index is 12.7. The number of fused-ring (bicyclic) bond motifs is 1. The summed E-state index contributed by atoms with van der Waals surface area (Å²) >= 11 is 1.23. The van der Waals surface area contributed by atoms with E-state index in [1.54, 1.807) is 11.9 Å². The number of nitrogens with zero attached hydrogens (tertiary/aromatic N) is 5. The summed E-state index contributed by atoms with van der Waals surface area (Å²) in [7, 11) is 3.03. The van der Waals surface area contributed by atoms with Crippen molar-refractivity contribution in [3.63, 3.8) is 0 Å². The van der Waals surface area contributed by atoms with E-state index in [0.29, 0.717) is 36.0 Å². The molecule has 0 aliphatic carbocycles. The maximum absolute atomic E-state index is 12.7. The van der Waals surface area contributed by atoms with Crippen molar-refractivity contribution in [1.82, 2.24) is 24.0 Å². The number of aromatic nitrogens is 4. The van der Waals surface area contributed by atoms with Gasteiger partial charge in [-0.2, -0.15) is 0 Å². The topological polar surface area (TPSA) is 90.1 Å². The molecule has 0 bridgehead atoms. The second kappa shape index (κ2) is 9.16. The van der Waals surface area contributed by atoms with E-state index in [1.165, 1.54) is 23.4 Å². The molecule has 0 aliphatic rings. The van der Waals surface area contributed by atoms with Gasteiger partial charge in [0.05, 0.1) is 5.75 Å².